The fourth-order valence-corrected chi connectivity index (χ4v) is 2.94. The molecule has 1 amide bonds. The highest BCUT2D eigenvalue weighted by atomic mass is 79.9. The number of amides is 1. The predicted molar refractivity (Wildman–Crippen MR) is 89.9 cm³/mol. The molecule has 0 fully saturated rings. The number of hydrogen-bond acceptors (Lipinski definition) is 5. The van der Waals surface area contributed by atoms with Crippen molar-refractivity contribution in [1.82, 2.24) is 9.96 Å². The molecule has 0 aliphatic carbocycles. The Morgan fingerprint density at radius 3 is 2.58 bits per heavy atom. The average molecular weight is 436 g/mol. The Morgan fingerprint density at radius 1 is 1.35 bits per heavy atom. The third kappa shape index (κ3) is 4.36. The van der Waals surface area contributed by atoms with Crippen molar-refractivity contribution < 1.29 is 27.6 Å². The first-order valence-corrected chi connectivity index (χ1v) is 8.37. The maximum atomic E-state index is 12.6. The van der Waals surface area contributed by atoms with Crippen LogP contribution in [0.1, 0.15) is 18.9 Å². The highest BCUT2D eigenvalue weighted by molar-refractivity contribution is 9.10. The van der Waals surface area contributed by atoms with E-state index in [1.807, 2.05) is 24.3 Å². The maximum absolute atomic E-state index is 12.6. The van der Waals surface area contributed by atoms with Crippen LogP contribution in [0.5, 0.6) is 0 Å². The van der Waals surface area contributed by atoms with Gasteiger partial charge in [-0.1, -0.05) is 28.1 Å². The number of likely N-dealkylation sites (N-methyl/N-ethyl adjacent to an activating group) is 1. The van der Waals surface area contributed by atoms with Gasteiger partial charge in [-0.05, 0) is 37.5 Å². The number of alkyl halides is 3. The maximum Gasteiger partial charge on any atom is 0.493 e. The molecule has 1 unspecified atom stereocenters. The summed E-state index contributed by atoms with van der Waals surface area (Å²) in [5.74, 6) is -2.84. The SMILES string of the molecule is CC1=C(CCc2cccc(Br)c2)N(OC(=O)C(F)(F)F)C(N)N(C)C1=O. The van der Waals surface area contributed by atoms with Crippen molar-refractivity contribution >= 4 is 27.8 Å². The number of carbonyl (C=O) groups is 2. The zero-order chi connectivity index (χ0) is 19.6. The summed E-state index contributed by atoms with van der Waals surface area (Å²) in [6.45, 7) is 1.45. The second-order valence-electron chi connectivity index (χ2n) is 5.73. The summed E-state index contributed by atoms with van der Waals surface area (Å²) in [5, 5.41) is 0.657. The van der Waals surface area contributed by atoms with Crippen LogP contribution in [0, 0.1) is 0 Å². The number of benzene rings is 1. The van der Waals surface area contributed by atoms with Gasteiger partial charge in [-0.2, -0.15) is 18.2 Å². The molecule has 1 aromatic carbocycles. The topological polar surface area (TPSA) is 75.9 Å². The van der Waals surface area contributed by atoms with Crippen molar-refractivity contribution in [2.75, 3.05) is 7.05 Å². The number of halogens is 4. The fraction of sp³-hybridized carbons (Fsp3) is 0.375. The highest BCUT2D eigenvalue weighted by Crippen LogP contribution is 2.28. The van der Waals surface area contributed by atoms with Crippen LogP contribution in [0.25, 0.3) is 0 Å². The summed E-state index contributed by atoms with van der Waals surface area (Å²) in [7, 11) is 1.32. The Kier molecular flexibility index (Phi) is 5.97. The van der Waals surface area contributed by atoms with Gasteiger partial charge in [0.2, 0.25) is 0 Å². The molecule has 0 saturated heterocycles. The Balaban J connectivity index is 2.29. The lowest BCUT2D eigenvalue weighted by Crippen LogP contribution is -2.59. The largest absolute Gasteiger partial charge is 0.493 e. The minimum absolute atomic E-state index is 0.137. The van der Waals surface area contributed by atoms with E-state index in [4.69, 9.17) is 5.73 Å². The Hall–Kier alpha value is -2.07. The molecular formula is C16H17BrF3N3O3. The van der Waals surface area contributed by atoms with Crippen LogP contribution in [0.2, 0.25) is 0 Å². The number of carbonyl (C=O) groups excluding carboxylic acids is 2. The first kappa shape index (κ1) is 20.2. The minimum atomic E-state index is -5.18. The molecule has 2 rings (SSSR count). The van der Waals surface area contributed by atoms with Crippen LogP contribution in [0.15, 0.2) is 40.0 Å². The zero-order valence-corrected chi connectivity index (χ0v) is 15.6. The molecule has 0 radical (unpaired) electrons. The summed E-state index contributed by atoms with van der Waals surface area (Å²) < 4.78 is 38.6. The van der Waals surface area contributed by atoms with E-state index in [9.17, 15) is 22.8 Å². The smallest absolute Gasteiger partial charge is 0.329 e. The van der Waals surface area contributed by atoms with E-state index in [0.29, 0.717) is 11.5 Å². The zero-order valence-electron chi connectivity index (χ0n) is 14.0. The molecule has 0 aromatic heterocycles. The molecule has 1 aromatic rings. The third-order valence-electron chi connectivity index (χ3n) is 3.93. The first-order chi connectivity index (χ1) is 12.0. The fourth-order valence-electron chi connectivity index (χ4n) is 2.49. The van der Waals surface area contributed by atoms with Crippen LogP contribution >= 0.6 is 15.9 Å². The molecule has 6 nitrogen and oxygen atoms in total. The Bertz CT molecular complexity index is 752. The lowest BCUT2D eigenvalue weighted by molar-refractivity contribution is -0.248. The van der Waals surface area contributed by atoms with Gasteiger partial charge in [0.05, 0.1) is 5.70 Å². The van der Waals surface area contributed by atoms with Crippen LogP contribution in [-0.4, -0.2) is 41.4 Å². The summed E-state index contributed by atoms with van der Waals surface area (Å²) in [6, 6.07) is 7.33. The van der Waals surface area contributed by atoms with Crippen molar-refractivity contribution in [3.63, 3.8) is 0 Å². The normalized spacial score (nSPS) is 18.4. The molecule has 2 N–H and O–H groups in total. The quantitative estimate of drug-likeness (QED) is 0.786. The molecule has 1 heterocycles. The monoisotopic (exact) mass is 435 g/mol. The molecule has 1 atom stereocenters. The molecular weight excluding hydrogens is 419 g/mol. The van der Waals surface area contributed by atoms with Crippen molar-refractivity contribution in [2.24, 2.45) is 5.73 Å². The number of allylic oxidation sites excluding steroid dienone is 1. The molecule has 26 heavy (non-hydrogen) atoms. The Labute approximate surface area is 156 Å². The number of nitrogens with zero attached hydrogens (tertiary/aromatic N) is 2. The predicted octanol–water partition coefficient (Wildman–Crippen LogP) is 2.69. The number of hydroxylamine groups is 2. The van der Waals surface area contributed by atoms with Gasteiger partial charge in [0.15, 0.2) is 6.29 Å². The van der Waals surface area contributed by atoms with E-state index >= 15 is 0 Å². The summed E-state index contributed by atoms with van der Waals surface area (Å²) >= 11 is 3.34. The number of rotatable bonds is 4. The summed E-state index contributed by atoms with van der Waals surface area (Å²) in [4.78, 5) is 29.0. The van der Waals surface area contributed by atoms with E-state index in [1.54, 1.807) is 0 Å². The number of aryl methyl sites for hydroxylation is 1. The van der Waals surface area contributed by atoms with E-state index in [0.717, 1.165) is 14.9 Å². The van der Waals surface area contributed by atoms with E-state index in [-0.39, 0.29) is 17.7 Å². The number of nitrogens with two attached hydrogens (primary N) is 1. The lowest BCUT2D eigenvalue weighted by Gasteiger charge is -2.40. The summed E-state index contributed by atoms with van der Waals surface area (Å²) in [6.07, 6.45) is -5.95. The van der Waals surface area contributed by atoms with Crippen molar-refractivity contribution in [2.45, 2.75) is 32.2 Å². The van der Waals surface area contributed by atoms with E-state index in [1.165, 1.54) is 14.0 Å². The second-order valence-corrected chi connectivity index (χ2v) is 6.65. The Morgan fingerprint density at radius 2 is 2.00 bits per heavy atom. The molecule has 10 heteroatoms. The van der Waals surface area contributed by atoms with Gasteiger partial charge < -0.3 is 9.74 Å². The summed E-state index contributed by atoms with van der Waals surface area (Å²) in [5.41, 5.74) is 6.99. The van der Waals surface area contributed by atoms with Gasteiger partial charge in [-0.3, -0.25) is 10.5 Å². The number of hydrogen-bond donors (Lipinski definition) is 1. The molecule has 1 aliphatic heterocycles. The van der Waals surface area contributed by atoms with Crippen molar-refractivity contribution in [1.29, 1.82) is 0 Å². The third-order valence-corrected chi connectivity index (χ3v) is 4.42. The molecule has 0 bridgehead atoms. The first-order valence-electron chi connectivity index (χ1n) is 7.57. The van der Waals surface area contributed by atoms with E-state index < -0.39 is 24.3 Å². The van der Waals surface area contributed by atoms with Gasteiger partial charge in [-0.15, -0.1) is 0 Å². The lowest BCUT2D eigenvalue weighted by atomic mass is 10.0. The molecule has 0 saturated carbocycles. The van der Waals surface area contributed by atoms with Crippen molar-refractivity contribution in [3.05, 3.63) is 45.6 Å². The highest BCUT2D eigenvalue weighted by Gasteiger charge is 2.45. The minimum Gasteiger partial charge on any atom is -0.329 e. The second kappa shape index (κ2) is 7.67. The van der Waals surface area contributed by atoms with Crippen LogP contribution in [-0.2, 0) is 20.8 Å². The van der Waals surface area contributed by atoms with Gasteiger partial charge in [0.25, 0.3) is 5.91 Å². The molecule has 1 aliphatic rings. The van der Waals surface area contributed by atoms with Crippen LogP contribution in [0.3, 0.4) is 0 Å². The average Bonchev–Trinajstić information content (AvgIpc) is 2.56. The van der Waals surface area contributed by atoms with E-state index in [2.05, 4.69) is 20.8 Å². The molecule has 142 valence electrons. The molecule has 0 spiro atoms. The van der Waals surface area contributed by atoms with Crippen LogP contribution < -0.4 is 5.73 Å². The van der Waals surface area contributed by atoms with Gasteiger partial charge in [0.1, 0.15) is 0 Å². The van der Waals surface area contributed by atoms with Gasteiger partial charge in [0, 0.05) is 17.1 Å². The standard InChI is InChI=1S/C16H17BrF3N3O3/c1-9-12(7-6-10-4-3-5-11(17)8-10)23(15(21)22(2)13(9)24)26-14(25)16(18,19)20/h3-5,8,15H,6-7,21H2,1-2H3. The van der Waals surface area contributed by atoms with Gasteiger partial charge in [-0.25, -0.2) is 4.79 Å². The van der Waals surface area contributed by atoms with Crippen molar-refractivity contribution in [3.8, 4) is 0 Å². The van der Waals surface area contributed by atoms with Gasteiger partial charge >= 0.3 is 12.1 Å². The van der Waals surface area contributed by atoms with Crippen LogP contribution in [0.4, 0.5) is 13.2 Å².